The number of rotatable bonds is 2. The Morgan fingerprint density at radius 3 is 2.17 bits per heavy atom. The molecule has 0 radical (unpaired) electrons. The third kappa shape index (κ3) is 3.71. The summed E-state index contributed by atoms with van der Waals surface area (Å²) in [4.78, 5) is 13.4. The molecule has 0 spiro atoms. The second-order valence-electron chi connectivity index (χ2n) is 2.87. The summed E-state index contributed by atoms with van der Waals surface area (Å²) in [6.45, 7) is 0. The van der Waals surface area contributed by atoms with E-state index >= 15 is 0 Å². The molecule has 10 heteroatoms. The van der Waals surface area contributed by atoms with Gasteiger partial charge in [0.05, 0.1) is 3.57 Å². The predicted octanol–water partition coefficient (Wildman–Crippen LogP) is 3.42. The molecule has 0 bridgehead atoms. The Bertz CT molecular complexity index is 470. The summed E-state index contributed by atoms with van der Waals surface area (Å²) in [5.41, 5.74) is -2.41. The van der Waals surface area contributed by atoms with Crippen molar-refractivity contribution >= 4 is 28.9 Å². The highest BCUT2D eigenvalue weighted by Gasteiger charge is 2.37. The van der Waals surface area contributed by atoms with Gasteiger partial charge in [-0.15, -0.1) is 13.2 Å². The van der Waals surface area contributed by atoms with Gasteiger partial charge < -0.3 is 4.74 Å². The van der Waals surface area contributed by atoms with Gasteiger partial charge in [-0.25, -0.2) is 4.98 Å². The topological polar surface area (TPSA) is 39.2 Å². The van der Waals surface area contributed by atoms with Crippen LogP contribution in [0.3, 0.4) is 0 Å². The molecule has 0 atom stereocenters. The van der Waals surface area contributed by atoms with Gasteiger partial charge in [0.1, 0.15) is 17.1 Å². The molecule has 0 aromatic carbocycles. The van der Waals surface area contributed by atoms with Crippen molar-refractivity contribution in [1.29, 1.82) is 0 Å². The van der Waals surface area contributed by atoms with Crippen LogP contribution in [0.4, 0.5) is 26.3 Å². The number of halogens is 7. The third-order valence-electron chi connectivity index (χ3n) is 1.58. The van der Waals surface area contributed by atoms with Crippen LogP contribution in [-0.4, -0.2) is 17.6 Å². The molecule has 100 valence electrons. The van der Waals surface area contributed by atoms with E-state index in [0.29, 0.717) is 0 Å². The molecule has 1 heterocycles. The lowest BCUT2D eigenvalue weighted by Crippen LogP contribution is -2.20. The number of pyridine rings is 1. The van der Waals surface area contributed by atoms with E-state index in [2.05, 4.69) is 9.72 Å². The molecule has 0 aliphatic carbocycles. The Kier molecular flexibility index (Phi) is 4.08. The third-order valence-corrected chi connectivity index (χ3v) is 2.66. The molecule has 1 aromatic heterocycles. The molecular weight excluding hydrogens is 383 g/mol. The molecule has 3 nitrogen and oxygen atoms in total. The maximum Gasteiger partial charge on any atom is 0.573 e. The van der Waals surface area contributed by atoms with Crippen LogP contribution in [-0.2, 0) is 6.18 Å². The zero-order chi connectivity index (χ0) is 14.1. The second kappa shape index (κ2) is 4.90. The highest BCUT2D eigenvalue weighted by molar-refractivity contribution is 14.1. The van der Waals surface area contributed by atoms with Gasteiger partial charge in [-0.3, -0.25) is 4.79 Å². The van der Waals surface area contributed by atoms with Crippen LogP contribution in [0.2, 0.25) is 0 Å². The summed E-state index contributed by atoms with van der Waals surface area (Å²) in [7, 11) is 0. The molecule has 0 saturated heterocycles. The molecule has 0 N–H and O–H groups in total. The van der Waals surface area contributed by atoms with Crippen LogP contribution in [0.1, 0.15) is 16.2 Å². The van der Waals surface area contributed by atoms with E-state index in [-0.39, 0.29) is 12.4 Å². The quantitative estimate of drug-likeness (QED) is 0.445. The van der Waals surface area contributed by atoms with Gasteiger partial charge in [-0.2, -0.15) is 13.2 Å². The fraction of sp³-hybridized carbons (Fsp3) is 0.250. The van der Waals surface area contributed by atoms with Crippen LogP contribution in [0.5, 0.6) is 5.75 Å². The van der Waals surface area contributed by atoms with Crippen molar-refractivity contribution in [2.24, 2.45) is 0 Å². The number of hydrogen-bond donors (Lipinski definition) is 0. The number of aldehydes is 1. The SMILES string of the molecule is O=Cc1nc(C(F)(F)F)cc(OC(F)(F)F)c1I. The van der Waals surface area contributed by atoms with Crippen molar-refractivity contribution < 1.29 is 35.9 Å². The summed E-state index contributed by atoms with van der Waals surface area (Å²) in [5.74, 6) is -1.12. The standard InChI is InChI=1S/C8H2F6INO2/c9-7(10,11)5-1-4(18-8(12,13)14)6(15)3(2-17)16-5/h1-2H. The van der Waals surface area contributed by atoms with Gasteiger partial charge in [-0.05, 0) is 22.6 Å². The molecule has 0 unspecified atom stereocenters. The van der Waals surface area contributed by atoms with E-state index in [0.717, 1.165) is 0 Å². The fourth-order valence-electron chi connectivity index (χ4n) is 0.947. The van der Waals surface area contributed by atoms with Crippen LogP contribution < -0.4 is 4.74 Å². The van der Waals surface area contributed by atoms with Crippen molar-refractivity contribution in [2.45, 2.75) is 12.5 Å². The zero-order valence-electron chi connectivity index (χ0n) is 8.06. The minimum absolute atomic E-state index is 0.0831. The van der Waals surface area contributed by atoms with Crippen LogP contribution >= 0.6 is 22.6 Å². The highest BCUT2D eigenvalue weighted by Crippen LogP contribution is 2.35. The van der Waals surface area contributed by atoms with E-state index in [4.69, 9.17) is 0 Å². The number of nitrogens with zero attached hydrogens (tertiary/aromatic N) is 1. The first kappa shape index (κ1) is 15.0. The Hall–Kier alpha value is -1.07. The van der Waals surface area contributed by atoms with Gasteiger partial charge in [0.25, 0.3) is 0 Å². The number of aromatic nitrogens is 1. The van der Waals surface area contributed by atoms with E-state index in [1.807, 2.05) is 0 Å². The normalized spacial score (nSPS) is 12.4. The minimum atomic E-state index is -5.16. The first-order valence-electron chi connectivity index (χ1n) is 4.03. The summed E-state index contributed by atoms with van der Waals surface area (Å²) < 4.78 is 75.9. The summed E-state index contributed by atoms with van der Waals surface area (Å²) in [6, 6.07) is 0.0856. The number of alkyl halides is 6. The van der Waals surface area contributed by atoms with E-state index in [1.54, 1.807) is 0 Å². The molecule has 18 heavy (non-hydrogen) atoms. The van der Waals surface area contributed by atoms with Crippen LogP contribution in [0, 0.1) is 3.57 Å². The van der Waals surface area contributed by atoms with Crippen molar-refractivity contribution in [3.05, 3.63) is 21.0 Å². The number of carbonyl (C=O) groups excluding carboxylic acids is 1. The first-order valence-corrected chi connectivity index (χ1v) is 5.11. The molecule has 0 fully saturated rings. The lowest BCUT2D eigenvalue weighted by molar-refractivity contribution is -0.275. The Labute approximate surface area is 109 Å². The predicted molar refractivity (Wildman–Crippen MR) is 54.0 cm³/mol. The number of hydrogen-bond acceptors (Lipinski definition) is 3. The minimum Gasteiger partial charge on any atom is -0.404 e. The van der Waals surface area contributed by atoms with Crippen molar-refractivity contribution in [1.82, 2.24) is 4.98 Å². The van der Waals surface area contributed by atoms with E-state index in [9.17, 15) is 31.1 Å². The van der Waals surface area contributed by atoms with Gasteiger partial charge >= 0.3 is 12.5 Å². The van der Waals surface area contributed by atoms with Gasteiger partial charge in [0.2, 0.25) is 0 Å². The van der Waals surface area contributed by atoms with Crippen molar-refractivity contribution in [3.8, 4) is 5.75 Å². The lowest BCUT2D eigenvalue weighted by atomic mass is 10.3. The average Bonchev–Trinajstić information content (AvgIpc) is 2.17. The molecular formula is C8H2F6INO2. The van der Waals surface area contributed by atoms with Gasteiger partial charge in [0, 0.05) is 6.07 Å². The van der Waals surface area contributed by atoms with Crippen molar-refractivity contribution in [3.63, 3.8) is 0 Å². The fourth-order valence-corrected chi connectivity index (χ4v) is 1.46. The lowest BCUT2D eigenvalue weighted by Gasteiger charge is -2.14. The smallest absolute Gasteiger partial charge is 0.404 e. The molecule has 0 aliphatic rings. The number of carbonyl (C=O) groups is 1. The molecule has 1 rings (SSSR count). The second-order valence-corrected chi connectivity index (χ2v) is 3.95. The Morgan fingerprint density at radius 2 is 1.78 bits per heavy atom. The van der Waals surface area contributed by atoms with Crippen LogP contribution in [0.15, 0.2) is 6.07 Å². The summed E-state index contributed by atoms with van der Waals surface area (Å²) in [5, 5.41) is 0. The Morgan fingerprint density at radius 1 is 1.22 bits per heavy atom. The van der Waals surface area contributed by atoms with Gasteiger partial charge in [-0.1, -0.05) is 0 Å². The van der Waals surface area contributed by atoms with Crippen molar-refractivity contribution in [2.75, 3.05) is 0 Å². The largest absolute Gasteiger partial charge is 0.573 e. The maximum atomic E-state index is 12.3. The molecule has 0 amide bonds. The van der Waals surface area contributed by atoms with E-state index in [1.165, 1.54) is 22.6 Å². The monoisotopic (exact) mass is 385 g/mol. The molecule has 0 aliphatic heterocycles. The summed E-state index contributed by atoms with van der Waals surface area (Å²) >= 11 is 1.24. The molecule has 1 aromatic rings. The first-order chi connectivity index (χ1) is 8.04. The number of ether oxygens (including phenoxy) is 1. The highest BCUT2D eigenvalue weighted by atomic mass is 127. The molecule has 0 saturated carbocycles. The zero-order valence-corrected chi connectivity index (χ0v) is 10.2. The average molecular weight is 385 g/mol. The maximum absolute atomic E-state index is 12.3. The van der Waals surface area contributed by atoms with Gasteiger partial charge in [0.15, 0.2) is 6.29 Å². The van der Waals surface area contributed by atoms with E-state index < -0.39 is 33.2 Å². The summed E-state index contributed by atoms with van der Waals surface area (Å²) in [6.07, 6.45) is -10.2. The van der Waals surface area contributed by atoms with Crippen LogP contribution in [0.25, 0.3) is 0 Å². The Balaban J connectivity index is 3.37.